The zero-order chi connectivity index (χ0) is 20.7. The summed E-state index contributed by atoms with van der Waals surface area (Å²) < 4.78 is 31.0. The second-order valence-corrected chi connectivity index (χ2v) is 8.09. The molecule has 28 heavy (non-hydrogen) atoms. The number of hydrogen-bond acceptors (Lipinski definition) is 5. The van der Waals surface area contributed by atoms with Crippen LogP contribution >= 0.6 is 0 Å². The van der Waals surface area contributed by atoms with E-state index in [4.69, 9.17) is 10.5 Å². The molecule has 2 aromatic carbocycles. The summed E-state index contributed by atoms with van der Waals surface area (Å²) in [4.78, 5) is 23.4. The van der Waals surface area contributed by atoms with Gasteiger partial charge in [-0.2, -0.15) is 0 Å². The molecular formula is C19H23N3O5S. The van der Waals surface area contributed by atoms with Gasteiger partial charge in [0, 0.05) is 12.1 Å². The van der Waals surface area contributed by atoms with Crippen molar-refractivity contribution in [3.05, 3.63) is 59.7 Å². The summed E-state index contributed by atoms with van der Waals surface area (Å²) in [6.45, 7) is 0. The standard InChI is InChI=1S/C19H23N3O5S/c1-27-16-9-5-14(6-10-16)17(22-28(2,25)26)12-19(24)21-15-7-3-13(4-8-15)11-18(20)23/h3-10,17,22H,11-12H2,1-2H3,(H2,20,23)(H,21,24). The van der Waals surface area contributed by atoms with Crippen molar-refractivity contribution in [1.82, 2.24) is 4.72 Å². The fourth-order valence-electron chi connectivity index (χ4n) is 2.63. The molecule has 0 aliphatic carbocycles. The summed E-state index contributed by atoms with van der Waals surface area (Å²) in [5, 5.41) is 2.72. The first kappa shape index (κ1) is 21.4. The van der Waals surface area contributed by atoms with Gasteiger partial charge in [0.2, 0.25) is 21.8 Å². The zero-order valence-corrected chi connectivity index (χ0v) is 16.5. The third-order valence-electron chi connectivity index (χ3n) is 3.88. The van der Waals surface area contributed by atoms with Gasteiger partial charge in [-0.1, -0.05) is 24.3 Å². The molecule has 2 rings (SSSR count). The number of amides is 2. The van der Waals surface area contributed by atoms with E-state index in [1.807, 2.05) is 0 Å². The van der Waals surface area contributed by atoms with E-state index in [0.29, 0.717) is 17.0 Å². The van der Waals surface area contributed by atoms with Crippen LogP contribution in [0, 0.1) is 0 Å². The van der Waals surface area contributed by atoms with Crippen LogP contribution in [0.5, 0.6) is 5.75 Å². The van der Waals surface area contributed by atoms with Crippen LogP contribution in [0.4, 0.5) is 5.69 Å². The number of anilines is 1. The van der Waals surface area contributed by atoms with Crippen molar-refractivity contribution < 1.29 is 22.7 Å². The highest BCUT2D eigenvalue weighted by atomic mass is 32.2. The predicted molar refractivity (Wildman–Crippen MR) is 106 cm³/mol. The second-order valence-electron chi connectivity index (χ2n) is 6.31. The number of primary amides is 1. The smallest absolute Gasteiger partial charge is 0.226 e. The first-order chi connectivity index (χ1) is 13.2. The SMILES string of the molecule is COc1ccc(C(CC(=O)Nc2ccc(CC(N)=O)cc2)NS(C)(=O)=O)cc1. The third kappa shape index (κ3) is 7.01. The maximum absolute atomic E-state index is 12.4. The van der Waals surface area contributed by atoms with Gasteiger partial charge in [0.25, 0.3) is 0 Å². The Kier molecular flexibility index (Phi) is 7.13. The number of rotatable bonds is 9. The predicted octanol–water partition coefficient (Wildman–Crippen LogP) is 1.34. The number of nitrogens with two attached hydrogens (primary N) is 1. The van der Waals surface area contributed by atoms with Crippen LogP contribution in [0.15, 0.2) is 48.5 Å². The molecule has 0 saturated carbocycles. The van der Waals surface area contributed by atoms with E-state index in [9.17, 15) is 18.0 Å². The summed E-state index contributed by atoms with van der Waals surface area (Å²) in [5.41, 5.74) is 7.06. The highest BCUT2D eigenvalue weighted by Crippen LogP contribution is 2.22. The van der Waals surface area contributed by atoms with Crippen molar-refractivity contribution >= 4 is 27.5 Å². The first-order valence-corrected chi connectivity index (χ1v) is 10.3. The van der Waals surface area contributed by atoms with E-state index < -0.39 is 22.0 Å². The Balaban J connectivity index is 2.09. The molecule has 2 aromatic rings. The maximum Gasteiger partial charge on any atom is 0.226 e. The molecule has 9 heteroatoms. The number of sulfonamides is 1. The van der Waals surface area contributed by atoms with Crippen LogP contribution < -0.4 is 20.5 Å². The van der Waals surface area contributed by atoms with Gasteiger partial charge < -0.3 is 15.8 Å². The number of nitrogens with one attached hydrogen (secondary N) is 2. The van der Waals surface area contributed by atoms with E-state index in [1.54, 1.807) is 48.5 Å². The largest absolute Gasteiger partial charge is 0.497 e. The molecule has 0 radical (unpaired) electrons. The Bertz CT molecular complexity index is 925. The Morgan fingerprint density at radius 3 is 2.18 bits per heavy atom. The molecule has 8 nitrogen and oxygen atoms in total. The molecule has 0 aromatic heterocycles. The molecular weight excluding hydrogens is 382 g/mol. The maximum atomic E-state index is 12.4. The molecule has 0 heterocycles. The number of benzene rings is 2. The van der Waals surface area contributed by atoms with Crippen molar-refractivity contribution in [3.8, 4) is 5.75 Å². The minimum Gasteiger partial charge on any atom is -0.497 e. The Morgan fingerprint density at radius 1 is 1.07 bits per heavy atom. The van der Waals surface area contributed by atoms with E-state index >= 15 is 0 Å². The molecule has 0 spiro atoms. The van der Waals surface area contributed by atoms with Crippen molar-refractivity contribution in [2.75, 3.05) is 18.7 Å². The van der Waals surface area contributed by atoms with E-state index in [-0.39, 0.29) is 18.7 Å². The Labute approximate surface area is 164 Å². The highest BCUT2D eigenvalue weighted by molar-refractivity contribution is 7.88. The molecule has 0 aliphatic rings. The number of ether oxygens (including phenoxy) is 1. The fraction of sp³-hybridized carbons (Fsp3) is 0.263. The van der Waals surface area contributed by atoms with Crippen LogP contribution in [0.25, 0.3) is 0 Å². The molecule has 0 aliphatic heterocycles. The summed E-state index contributed by atoms with van der Waals surface area (Å²) in [6, 6.07) is 12.8. The van der Waals surface area contributed by atoms with Gasteiger partial charge in [-0.05, 0) is 35.4 Å². The van der Waals surface area contributed by atoms with Crippen molar-refractivity contribution in [2.45, 2.75) is 18.9 Å². The van der Waals surface area contributed by atoms with E-state index in [0.717, 1.165) is 11.8 Å². The van der Waals surface area contributed by atoms with Gasteiger partial charge in [-0.15, -0.1) is 0 Å². The Hall–Kier alpha value is -2.91. The van der Waals surface area contributed by atoms with E-state index in [2.05, 4.69) is 10.0 Å². The lowest BCUT2D eigenvalue weighted by atomic mass is 10.0. The molecule has 1 atom stereocenters. The summed E-state index contributed by atoms with van der Waals surface area (Å²) >= 11 is 0. The average Bonchev–Trinajstić information content (AvgIpc) is 2.61. The van der Waals surface area contributed by atoms with Crippen molar-refractivity contribution in [2.24, 2.45) is 5.73 Å². The van der Waals surface area contributed by atoms with Gasteiger partial charge >= 0.3 is 0 Å². The number of carbonyl (C=O) groups excluding carboxylic acids is 2. The van der Waals surface area contributed by atoms with Crippen LogP contribution in [-0.4, -0.2) is 33.6 Å². The van der Waals surface area contributed by atoms with Gasteiger partial charge in [-0.25, -0.2) is 13.1 Å². The molecule has 4 N–H and O–H groups in total. The van der Waals surface area contributed by atoms with Gasteiger partial charge in [0.05, 0.1) is 25.8 Å². The molecule has 2 amide bonds. The monoisotopic (exact) mass is 405 g/mol. The lowest BCUT2D eigenvalue weighted by molar-refractivity contribution is -0.118. The molecule has 1 unspecified atom stereocenters. The highest BCUT2D eigenvalue weighted by Gasteiger charge is 2.20. The first-order valence-electron chi connectivity index (χ1n) is 8.44. The lowest BCUT2D eigenvalue weighted by Crippen LogP contribution is -2.30. The lowest BCUT2D eigenvalue weighted by Gasteiger charge is -2.18. The second kappa shape index (κ2) is 9.34. The van der Waals surface area contributed by atoms with Gasteiger partial charge in [0.15, 0.2) is 0 Å². The molecule has 0 saturated heterocycles. The van der Waals surface area contributed by atoms with Crippen molar-refractivity contribution in [1.29, 1.82) is 0 Å². The number of hydrogen-bond donors (Lipinski definition) is 3. The molecule has 0 fully saturated rings. The number of carbonyl (C=O) groups is 2. The van der Waals surface area contributed by atoms with Crippen LogP contribution in [0.1, 0.15) is 23.6 Å². The topological polar surface area (TPSA) is 128 Å². The number of methoxy groups -OCH3 is 1. The minimum atomic E-state index is -3.53. The normalized spacial score (nSPS) is 12.2. The van der Waals surface area contributed by atoms with Crippen LogP contribution in [-0.2, 0) is 26.0 Å². The third-order valence-corrected chi connectivity index (χ3v) is 4.59. The Morgan fingerprint density at radius 2 is 1.68 bits per heavy atom. The molecule has 0 bridgehead atoms. The minimum absolute atomic E-state index is 0.0948. The summed E-state index contributed by atoms with van der Waals surface area (Å²) in [5.74, 6) is -0.173. The van der Waals surface area contributed by atoms with Crippen LogP contribution in [0.2, 0.25) is 0 Å². The van der Waals surface area contributed by atoms with E-state index in [1.165, 1.54) is 7.11 Å². The molecule has 150 valence electrons. The van der Waals surface area contributed by atoms with Crippen LogP contribution in [0.3, 0.4) is 0 Å². The van der Waals surface area contributed by atoms with Crippen molar-refractivity contribution in [3.63, 3.8) is 0 Å². The fourth-order valence-corrected chi connectivity index (χ4v) is 3.36. The summed E-state index contributed by atoms with van der Waals surface area (Å²) in [7, 11) is -2.00. The summed E-state index contributed by atoms with van der Waals surface area (Å²) in [6.07, 6.45) is 1.06. The van der Waals surface area contributed by atoms with Gasteiger partial charge in [-0.3, -0.25) is 9.59 Å². The average molecular weight is 405 g/mol. The quantitative estimate of drug-likeness (QED) is 0.580. The van der Waals surface area contributed by atoms with Gasteiger partial charge in [0.1, 0.15) is 5.75 Å². The zero-order valence-electron chi connectivity index (χ0n) is 15.6.